The van der Waals surface area contributed by atoms with Crippen molar-refractivity contribution in [3.05, 3.63) is 158 Å². The van der Waals surface area contributed by atoms with E-state index in [1.807, 2.05) is 22.7 Å². The first-order chi connectivity index (χ1) is 23.8. The summed E-state index contributed by atoms with van der Waals surface area (Å²) in [6, 6.07) is 57.7. The third kappa shape index (κ3) is 3.61. The number of hydrogen-bond acceptors (Lipinski definition) is 3. The Morgan fingerprint density at radius 1 is 0.417 bits per heavy atom. The molecule has 0 saturated carbocycles. The van der Waals surface area contributed by atoms with Crippen molar-refractivity contribution in [2.75, 3.05) is 4.90 Å². The lowest BCUT2D eigenvalue weighted by Crippen LogP contribution is -2.09. The molecule has 11 rings (SSSR count). The van der Waals surface area contributed by atoms with Gasteiger partial charge in [-0.1, -0.05) is 84.9 Å². The highest BCUT2D eigenvalue weighted by Gasteiger charge is 2.24. The summed E-state index contributed by atoms with van der Waals surface area (Å²) in [4.78, 5) is 2.36. The summed E-state index contributed by atoms with van der Waals surface area (Å²) in [6.45, 7) is 0. The standard InChI is InChI=1S/C44H26N2S2/c1-4-12-28(13-5-1)45(29-14-6-2-7-15-29)31-21-23-39-34(25-31)35-24-27-20-22-33-41-37(26-36-32-18-10-11-19-38(32)47-43(33)36)46(30-16-8-3-9-17-30)42(40(27)41)44(35)48-39/h1-26H. The lowest BCUT2D eigenvalue weighted by molar-refractivity contribution is 1.19. The van der Waals surface area contributed by atoms with Crippen molar-refractivity contribution in [3.63, 3.8) is 0 Å². The number of anilines is 3. The maximum Gasteiger partial charge on any atom is 0.0726 e. The second-order valence-corrected chi connectivity index (χ2v) is 14.6. The minimum Gasteiger partial charge on any atom is -0.310 e. The van der Waals surface area contributed by atoms with Gasteiger partial charge in [0.2, 0.25) is 0 Å². The van der Waals surface area contributed by atoms with Crippen LogP contribution in [0.15, 0.2) is 158 Å². The lowest BCUT2D eigenvalue weighted by atomic mass is 9.98. The highest BCUT2D eigenvalue weighted by Crippen LogP contribution is 2.51. The molecule has 0 bridgehead atoms. The van der Waals surface area contributed by atoms with Crippen LogP contribution in [0.25, 0.3) is 78.6 Å². The van der Waals surface area contributed by atoms with Gasteiger partial charge in [-0.3, -0.25) is 0 Å². The summed E-state index contributed by atoms with van der Waals surface area (Å²) in [5.41, 5.74) is 7.22. The van der Waals surface area contributed by atoms with Gasteiger partial charge in [0.1, 0.15) is 0 Å². The van der Waals surface area contributed by atoms with E-state index in [0.717, 1.165) is 17.1 Å². The molecule has 3 heterocycles. The van der Waals surface area contributed by atoms with Crippen molar-refractivity contribution in [2.24, 2.45) is 0 Å². The zero-order chi connectivity index (χ0) is 31.3. The monoisotopic (exact) mass is 646 g/mol. The second-order valence-electron chi connectivity index (χ2n) is 12.5. The molecule has 2 nitrogen and oxygen atoms in total. The van der Waals surface area contributed by atoms with Crippen molar-refractivity contribution in [1.82, 2.24) is 4.57 Å². The first-order valence-corrected chi connectivity index (χ1v) is 17.9. The Bertz CT molecular complexity index is 2950. The highest BCUT2D eigenvalue weighted by atomic mass is 32.1. The van der Waals surface area contributed by atoms with E-state index in [1.54, 1.807) is 0 Å². The fraction of sp³-hybridized carbons (Fsp3) is 0. The Balaban J connectivity index is 1.27. The van der Waals surface area contributed by atoms with E-state index in [2.05, 4.69) is 167 Å². The molecular formula is C44H26N2S2. The molecule has 48 heavy (non-hydrogen) atoms. The third-order valence-corrected chi connectivity index (χ3v) is 12.3. The highest BCUT2D eigenvalue weighted by molar-refractivity contribution is 7.27. The zero-order valence-corrected chi connectivity index (χ0v) is 27.4. The van der Waals surface area contributed by atoms with E-state index in [1.165, 1.54) is 78.6 Å². The van der Waals surface area contributed by atoms with Gasteiger partial charge in [-0.25, -0.2) is 0 Å². The Labute approximate surface area is 284 Å². The van der Waals surface area contributed by atoms with E-state index in [0.29, 0.717) is 0 Å². The van der Waals surface area contributed by atoms with Gasteiger partial charge in [-0.2, -0.15) is 0 Å². The van der Waals surface area contributed by atoms with Crippen molar-refractivity contribution < 1.29 is 0 Å². The Kier molecular flexibility index (Phi) is 5.45. The molecule has 224 valence electrons. The number of hydrogen-bond donors (Lipinski definition) is 0. The average molecular weight is 647 g/mol. The maximum absolute atomic E-state index is 2.54. The van der Waals surface area contributed by atoms with Crippen LogP contribution < -0.4 is 4.90 Å². The SMILES string of the molecule is c1ccc(N(c2ccccc2)c2ccc3sc4c(cc5ccc6c7sc8ccccc8c7cc7c6c5c4n7-c4ccccc4)c3c2)cc1. The van der Waals surface area contributed by atoms with E-state index < -0.39 is 0 Å². The van der Waals surface area contributed by atoms with Crippen LogP contribution in [-0.2, 0) is 0 Å². The average Bonchev–Trinajstić information content (AvgIpc) is 3.82. The molecule has 11 aromatic rings. The number of aromatic nitrogens is 1. The van der Waals surface area contributed by atoms with Crippen molar-refractivity contribution in [2.45, 2.75) is 0 Å². The molecule has 8 aromatic carbocycles. The Hall–Kier alpha value is -5.68. The summed E-state index contributed by atoms with van der Waals surface area (Å²) < 4.78 is 7.89. The molecule has 0 N–H and O–H groups in total. The maximum atomic E-state index is 2.54. The third-order valence-electron chi connectivity index (χ3n) is 9.88. The molecule has 0 atom stereocenters. The van der Waals surface area contributed by atoms with Gasteiger partial charge < -0.3 is 9.47 Å². The molecule has 0 aliphatic carbocycles. The number of fused-ring (bicyclic) bond motifs is 8. The molecule has 4 heteroatoms. The molecule has 0 aliphatic heterocycles. The summed E-state index contributed by atoms with van der Waals surface area (Å²) >= 11 is 3.83. The zero-order valence-electron chi connectivity index (χ0n) is 25.7. The van der Waals surface area contributed by atoms with Crippen LogP contribution in [0.5, 0.6) is 0 Å². The van der Waals surface area contributed by atoms with Crippen LogP contribution in [0.4, 0.5) is 17.1 Å². The molecular weight excluding hydrogens is 621 g/mol. The molecule has 0 aliphatic rings. The minimum atomic E-state index is 1.15. The summed E-state index contributed by atoms with van der Waals surface area (Å²) in [6.07, 6.45) is 0. The largest absolute Gasteiger partial charge is 0.310 e. The van der Waals surface area contributed by atoms with E-state index in [-0.39, 0.29) is 0 Å². The fourth-order valence-corrected chi connectivity index (χ4v) is 10.3. The molecule has 0 unspecified atom stereocenters. The van der Waals surface area contributed by atoms with Gasteiger partial charge in [0, 0.05) is 74.6 Å². The molecule has 0 radical (unpaired) electrons. The van der Waals surface area contributed by atoms with Gasteiger partial charge in [0.25, 0.3) is 0 Å². The van der Waals surface area contributed by atoms with Crippen molar-refractivity contribution in [3.8, 4) is 5.69 Å². The lowest BCUT2D eigenvalue weighted by Gasteiger charge is -2.25. The Morgan fingerprint density at radius 2 is 1.06 bits per heavy atom. The van der Waals surface area contributed by atoms with Crippen LogP contribution >= 0.6 is 22.7 Å². The smallest absolute Gasteiger partial charge is 0.0726 e. The second kappa shape index (κ2) is 9.91. The number of rotatable bonds is 4. The molecule has 0 saturated heterocycles. The number of benzene rings is 8. The topological polar surface area (TPSA) is 8.17 Å². The summed E-state index contributed by atoms with van der Waals surface area (Å²) in [5.74, 6) is 0. The number of para-hydroxylation sites is 3. The van der Waals surface area contributed by atoms with Crippen LogP contribution in [0, 0.1) is 0 Å². The molecule has 3 aromatic heterocycles. The quantitative estimate of drug-likeness (QED) is 0.173. The Morgan fingerprint density at radius 3 is 1.83 bits per heavy atom. The van der Waals surface area contributed by atoms with Gasteiger partial charge in [-0.15, -0.1) is 22.7 Å². The number of nitrogens with zero attached hydrogens (tertiary/aromatic N) is 2. The van der Waals surface area contributed by atoms with Crippen molar-refractivity contribution in [1.29, 1.82) is 0 Å². The van der Waals surface area contributed by atoms with Crippen LogP contribution in [-0.4, -0.2) is 4.57 Å². The molecule has 0 spiro atoms. The normalized spacial score (nSPS) is 12.2. The van der Waals surface area contributed by atoms with Gasteiger partial charge in [0.15, 0.2) is 0 Å². The van der Waals surface area contributed by atoms with Crippen LogP contribution in [0.3, 0.4) is 0 Å². The van der Waals surface area contributed by atoms with Gasteiger partial charge >= 0.3 is 0 Å². The molecule has 0 amide bonds. The predicted molar refractivity (Wildman–Crippen MR) is 210 cm³/mol. The molecule has 0 fully saturated rings. The van der Waals surface area contributed by atoms with Crippen LogP contribution in [0.2, 0.25) is 0 Å². The van der Waals surface area contributed by atoms with E-state index in [9.17, 15) is 0 Å². The van der Waals surface area contributed by atoms with Gasteiger partial charge in [0.05, 0.1) is 15.7 Å². The predicted octanol–water partition coefficient (Wildman–Crippen LogP) is 13.6. The van der Waals surface area contributed by atoms with E-state index in [4.69, 9.17) is 0 Å². The first-order valence-electron chi connectivity index (χ1n) is 16.3. The van der Waals surface area contributed by atoms with E-state index >= 15 is 0 Å². The summed E-state index contributed by atoms with van der Waals surface area (Å²) in [7, 11) is 0. The fourth-order valence-electron chi connectivity index (χ4n) is 7.86. The van der Waals surface area contributed by atoms with Crippen LogP contribution in [0.1, 0.15) is 0 Å². The number of thiophene rings is 2. The summed E-state index contributed by atoms with van der Waals surface area (Å²) in [5, 5.41) is 10.6. The minimum absolute atomic E-state index is 1.15. The van der Waals surface area contributed by atoms with Gasteiger partial charge in [-0.05, 0) is 78.2 Å². The first kappa shape index (κ1) is 26.4. The van der Waals surface area contributed by atoms with Crippen molar-refractivity contribution >= 4 is 113 Å².